The molecule has 6 heteroatoms. The molecule has 0 radical (unpaired) electrons. The van der Waals surface area contributed by atoms with Gasteiger partial charge in [-0.1, -0.05) is 19.1 Å². The van der Waals surface area contributed by atoms with Crippen molar-refractivity contribution >= 4 is 21.8 Å². The van der Waals surface area contributed by atoms with Crippen molar-refractivity contribution in [2.45, 2.75) is 31.3 Å². The van der Waals surface area contributed by atoms with Crippen molar-refractivity contribution in [1.29, 1.82) is 0 Å². The molecule has 0 aliphatic rings. The third kappa shape index (κ3) is 5.52. The van der Waals surface area contributed by atoms with Crippen LogP contribution in [0.1, 0.15) is 19.4 Å². The molecule has 0 heterocycles. The van der Waals surface area contributed by atoms with Crippen molar-refractivity contribution in [2.24, 2.45) is 0 Å². The molecular weight excluding hydrogens is 280 g/mol. The lowest BCUT2D eigenvalue weighted by molar-refractivity contribution is 0.571. The molecule has 1 atom stereocenters. The Hall–Kier alpha value is -0.560. The summed E-state index contributed by atoms with van der Waals surface area (Å²) in [7, 11) is -1.59. The van der Waals surface area contributed by atoms with Crippen LogP contribution in [0.2, 0.25) is 0 Å². The van der Waals surface area contributed by atoms with Crippen LogP contribution in [0.5, 0.6) is 0 Å². The third-order valence-electron chi connectivity index (χ3n) is 2.52. The monoisotopic (exact) mass is 302 g/mol. The van der Waals surface area contributed by atoms with Gasteiger partial charge in [-0.3, -0.25) is 0 Å². The van der Waals surface area contributed by atoms with Crippen molar-refractivity contribution in [2.75, 3.05) is 18.6 Å². The lowest BCUT2D eigenvalue weighted by atomic mass is 10.2. The van der Waals surface area contributed by atoms with Crippen LogP contribution in [0.3, 0.4) is 0 Å². The molecular formula is C13H22N2O2S2. The molecule has 0 saturated carbocycles. The van der Waals surface area contributed by atoms with Gasteiger partial charge in [-0.25, -0.2) is 13.1 Å². The van der Waals surface area contributed by atoms with Crippen LogP contribution < -0.4 is 10.0 Å². The van der Waals surface area contributed by atoms with Crippen molar-refractivity contribution in [3.05, 3.63) is 29.8 Å². The summed E-state index contributed by atoms with van der Waals surface area (Å²) < 4.78 is 27.2. The molecule has 1 aromatic carbocycles. The molecule has 0 bridgehead atoms. The Bertz CT molecular complexity index is 489. The molecule has 108 valence electrons. The minimum absolute atomic E-state index is 0.0668. The fourth-order valence-corrected chi connectivity index (χ4v) is 3.78. The molecule has 0 amide bonds. The lowest BCUT2D eigenvalue weighted by Crippen LogP contribution is -2.34. The fraction of sp³-hybridized carbons (Fsp3) is 0.538. The second-order valence-electron chi connectivity index (χ2n) is 4.36. The molecule has 19 heavy (non-hydrogen) atoms. The molecule has 2 N–H and O–H groups in total. The average Bonchev–Trinajstić information content (AvgIpc) is 2.36. The van der Waals surface area contributed by atoms with Crippen LogP contribution in [0.4, 0.5) is 0 Å². The maximum atomic E-state index is 12.2. The Morgan fingerprint density at radius 2 is 2.11 bits per heavy atom. The maximum Gasteiger partial charge on any atom is 0.240 e. The zero-order chi connectivity index (χ0) is 14.3. The Balaban J connectivity index is 2.79. The SMILES string of the molecule is CCSCC(C)NS(=O)(=O)c1cccc(CNC)c1. The number of nitrogens with one attached hydrogen (secondary N) is 2. The van der Waals surface area contributed by atoms with E-state index in [2.05, 4.69) is 17.0 Å². The van der Waals surface area contributed by atoms with E-state index in [-0.39, 0.29) is 6.04 Å². The molecule has 0 aliphatic carbocycles. The van der Waals surface area contributed by atoms with Crippen LogP contribution in [0.25, 0.3) is 0 Å². The van der Waals surface area contributed by atoms with Gasteiger partial charge in [0.1, 0.15) is 0 Å². The second kappa shape index (κ2) is 7.89. The number of sulfonamides is 1. The van der Waals surface area contributed by atoms with Crippen LogP contribution in [-0.2, 0) is 16.6 Å². The summed E-state index contributed by atoms with van der Waals surface area (Å²) >= 11 is 1.73. The highest BCUT2D eigenvalue weighted by Crippen LogP contribution is 2.13. The van der Waals surface area contributed by atoms with Gasteiger partial charge in [0.05, 0.1) is 4.90 Å². The molecule has 1 aromatic rings. The van der Waals surface area contributed by atoms with E-state index in [1.807, 2.05) is 20.0 Å². The maximum absolute atomic E-state index is 12.2. The van der Waals surface area contributed by atoms with Crippen LogP contribution >= 0.6 is 11.8 Å². The van der Waals surface area contributed by atoms with E-state index in [1.165, 1.54) is 0 Å². The fourth-order valence-electron chi connectivity index (χ4n) is 1.69. The lowest BCUT2D eigenvalue weighted by Gasteiger charge is -2.14. The number of rotatable bonds is 8. The number of hydrogen-bond donors (Lipinski definition) is 2. The van der Waals surface area contributed by atoms with E-state index in [0.717, 1.165) is 17.1 Å². The van der Waals surface area contributed by atoms with Gasteiger partial charge in [-0.15, -0.1) is 0 Å². The Kier molecular flexibility index (Phi) is 6.85. The number of hydrogen-bond acceptors (Lipinski definition) is 4. The summed E-state index contributed by atoms with van der Waals surface area (Å²) in [5, 5.41) is 3.01. The Morgan fingerprint density at radius 3 is 2.74 bits per heavy atom. The number of benzene rings is 1. The minimum Gasteiger partial charge on any atom is -0.316 e. The van der Waals surface area contributed by atoms with Crippen molar-refractivity contribution in [1.82, 2.24) is 10.0 Å². The zero-order valence-electron chi connectivity index (χ0n) is 11.6. The normalized spacial score (nSPS) is 13.4. The van der Waals surface area contributed by atoms with E-state index >= 15 is 0 Å². The zero-order valence-corrected chi connectivity index (χ0v) is 13.3. The van der Waals surface area contributed by atoms with Gasteiger partial charge >= 0.3 is 0 Å². The van der Waals surface area contributed by atoms with E-state index in [0.29, 0.717) is 11.4 Å². The van der Waals surface area contributed by atoms with Gasteiger partial charge < -0.3 is 5.32 Å². The quantitative estimate of drug-likeness (QED) is 0.769. The standard InChI is InChI=1S/C13H22N2O2S2/c1-4-18-10-11(2)15-19(16,17)13-7-5-6-12(8-13)9-14-3/h5-8,11,14-15H,4,9-10H2,1-3H3. The predicted octanol–water partition coefficient (Wildman–Crippen LogP) is 1.83. The highest BCUT2D eigenvalue weighted by molar-refractivity contribution is 7.99. The summed E-state index contributed by atoms with van der Waals surface area (Å²) in [4.78, 5) is 0.327. The van der Waals surface area contributed by atoms with Gasteiger partial charge in [0.15, 0.2) is 0 Å². The minimum atomic E-state index is -3.42. The first-order valence-corrected chi connectivity index (χ1v) is 8.97. The highest BCUT2D eigenvalue weighted by Gasteiger charge is 2.17. The second-order valence-corrected chi connectivity index (χ2v) is 7.39. The Labute approximate surface area is 120 Å². The van der Waals surface area contributed by atoms with E-state index in [1.54, 1.807) is 30.0 Å². The predicted molar refractivity (Wildman–Crippen MR) is 82.0 cm³/mol. The van der Waals surface area contributed by atoms with Gasteiger partial charge in [0, 0.05) is 18.3 Å². The molecule has 0 aromatic heterocycles. The molecule has 4 nitrogen and oxygen atoms in total. The summed E-state index contributed by atoms with van der Waals surface area (Å²) in [6, 6.07) is 6.95. The molecule has 0 spiro atoms. The summed E-state index contributed by atoms with van der Waals surface area (Å²) in [6.07, 6.45) is 0. The molecule has 1 unspecified atom stereocenters. The van der Waals surface area contributed by atoms with Gasteiger partial charge in [-0.05, 0) is 37.4 Å². The van der Waals surface area contributed by atoms with Gasteiger partial charge in [-0.2, -0.15) is 11.8 Å². The van der Waals surface area contributed by atoms with Crippen molar-refractivity contribution in [3.63, 3.8) is 0 Å². The topological polar surface area (TPSA) is 58.2 Å². The van der Waals surface area contributed by atoms with Crippen molar-refractivity contribution in [3.8, 4) is 0 Å². The average molecular weight is 302 g/mol. The van der Waals surface area contributed by atoms with Crippen LogP contribution in [0, 0.1) is 0 Å². The summed E-state index contributed by atoms with van der Waals surface area (Å²) in [5.74, 6) is 1.77. The first kappa shape index (κ1) is 16.5. The van der Waals surface area contributed by atoms with Crippen LogP contribution in [-0.4, -0.2) is 33.0 Å². The van der Waals surface area contributed by atoms with E-state index in [9.17, 15) is 8.42 Å². The molecule has 0 saturated heterocycles. The third-order valence-corrected chi connectivity index (χ3v) is 5.25. The largest absolute Gasteiger partial charge is 0.316 e. The first-order valence-electron chi connectivity index (χ1n) is 6.33. The summed E-state index contributed by atoms with van der Waals surface area (Å²) in [5.41, 5.74) is 0.959. The Morgan fingerprint density at radius 1 is 1.37 bits per heavy atom. The smallest absolute Gasteiger partial charge is 0.240 e. The number of thioether (sulfide) groups is 1. The van der Waals surface area contributed by atoms with Crippen molar-refractivity contribution < 1.29 is 8.42 Å². The first-order chi connectivity index (χ1) is 8.99. The molecule has 1 rings (SSSR count). The summed E-state index contributed by atoms with van der Waals surface area (Å²) in [6.45, 7) is 4.61. The van der Waals surface area contributed by atoms with Gasteiger partial charge in [0.25, 0.3) is 0 Å². The van der Waals surface area contributed by atoms with Crippen LogP contribution in [0.15, 0.2) is 29.2 Å². The molecule has 0 aliphatic heterocycles. The highest BCUT2D eigenvalue weighted by atomic mass is 32.2. The molecule has 0 fully saturated rings. The van der Waals surface area contributed by atoms with E-state index in [4.69, 9.17) is 0 Å². The van der Waals surface area contributed by atoms with E-state index < -0.39 is 10.0 Å². The van der Waals surface area contributed by atoms with Gasteiger partial charge in [0.2, 0.25) is 10.0 Å².